The largest absolute Gasteiger partial charge is 0.394 e. The van der Waals surface area contributed by atoms with Crippen molar-refractivity contribution in [2.75, 3.05) is 66.1 Å². The lowest BCUT2D eigenvalue weighted by Gasteiger charge is -2.18. The number of hydrogen-bond donors (Lipinski definition) is 1. The minimum atomic E-state index is -0.191. The van der Waals surface area contributed by atoms with Crippen LogP contribution in [0.1, 0.15) is 0 Å². The van der Waals surface area contributed by atoms with Crippen LogP contribution >= 0.6 is 0 Å². The highest BCUT2D eigenvalue weighted by Crippen LogP contribution is 1.96. The smallest absolute Gasteiger partial charge is 0.104 e. The summed E-state index contributed by atoms with van der Waals surface area (Å²) in [5.74, 6) is 0. The summed E-state index contributed by atoms with van der Waals surface area (Å²) in [6.45, 7) is 11.2. The second-order valence-electron chi connectivity index (χ2n) is 4.09. The molecular weight excluding hydrogens is 276 g/mol. The van der Waals surface area contributed by atoms with Gasteiger partial charge >= 0.3 is 0 Å². The fourth-order valence-corrected chi connectivity index (χ4v) is 1.36. The summed E-state index contributed by atoms with van der Waals surface area (Å²) < 4.78 is 26.8. The molecule has 0 aliphatic rings. The van der Waals surface area contributed by atoms with Crippen molar-refractivity contribution in [3.8, 4) is 0 Å². The zero-order valence-electron chi connectivity index (χ0n) is 12.7. The van der Waals surface area contributed by atoms with Crippen molar-refractivity contribution in [3.63, 3.8) is 0 Å². The van der Waals surface area contributed by atoms with Crippen LogP contribution in [0, 0.1) is 0 Å². The molecule has 6 nitrogen and oxygen atoms in total. The second kappa shape index (κ2) is 17.3. The lowest BCUT2D eigenvalue weighted by Crippen LogP contribution is -2.28. The Bertz CT molecular complexity index is 234. The molecule has 21 heavy (non-hydrogen) atoms. The lowest BCUT2D eigenvalue weighted by molar-refractivity contribution is -0.0792. The van der Waals surface area contributed by atoms with Gasteiger partial charge in [-0.3, -0.25) is 0 Å². The SMILES string of the molecule is C=CCOCCOCC(COCCO)OCCOCC=C. The van der Waals surface area contributed by atoms with E-state index in [1.165, 1.54) is 0 Å². The minimum Gasteiger partial charge on any atom is -0.394 e. The van der Waals surface area contributed by atoms with E-state index < -0.39 is 0 Å². The van der Waals surface area contributed by atoms with Crippen LogP contribution in [0.25, 0.3) is 0 Å². The third-order valence-electron chi connectivity index (χ3n) is 2.27. The summed E-state index contributed by atoms with van der Waals surface area (Å²) in [6.07, 6.45) is 3.19. The van der Waals surface area contributed by atoms with E-state index in [4.69, 9.17) is 28.8 Å². The molecule has 0 aromatic carbocycles. The lowest BCUT2D eigenvalue weighted by atomic mass is 10.4. The highest BCUT2D eigenvalue weighted by atomic mass is 16.6. The zero-order chi connectivity index (χ0) is 15.6. The predicted octanol–water partition coefficient (Wildman–Crippen LogP) is 0.802. The van der Waals surface area contributed by atoms with E-state index in [1.807, 2.05) is 0 Å². The van der Waals surface area contributed by atoms with Crippen molar-refractivity contribution in [1.29, 1.82) is 0 Å². The molecule has 0 saturated carbocycles. The summed E-state index contributed by atoms with van der Waals surface area (Å²) in [4.78, 5) is 0. The van der Waals surface area contributed by atoms with Crippen molar-refractivity contribution in [1.82, 2.24) is 0 Å². The highest BCUT2D eigenvalue weighted by molar-refractivity contribution is 4.64. The topological polar surface area (TPSA) is 66.4 Å². The first-order chi connectivity index (χ1) is 10.3. The number of aliphatic hydroxyl groups excluding tert-OH is 1. The first-order valence-corrected chi connectivity index (χ1v) is 7.10. The normalized spacial score (nSPS) is 12.2. The Morgan fingerprint density at radius 3 is 1.86 bits per heavy atom. The fraction of sp³-hybridized carbons (Fsp3) is 0.733. The number of aliphatic hydroxyl groups is 1. The van der Waals surface area contributed by atoms with E-state index in [1.54, 1.807) is 12.2 Å². The number of rotatable bonds is 17. The summed E-state index contributed by atoms with van der Waals surface area (Å²) in [5.41, 5.74) is 0. The van der Waals surface area contributed by atoms with Crippen molar-refractivity contribution >= 4 is 0 Å². The van der Waals surface area contributed by atoms with E-state index in [9.17, 15) is 0 Å². The van der Waals surface area contributed by atoms with Crippen LogP contribution < -0.4 is 0 Å². The molecule has 1 N–H and O–H groups in total. The summed E-state index contributed by atoms with van der Waals surface area (Å²) in [5, 5.41) is 8.70. The first kappa shape index (κ1) is 20.2. The molecule has 0 heterocycles. The molecule has 0 bridgehead atoms. The van der Waals surface area contributed by atoms with Crippen LogP contribution in [0.4, 0.5) is 0 Å². The average molecular weight is 304 g/mol. The summed E-state index contributed by atoms with van der Waals surface area (Å²) in [6, 6.07) is 0. The second-order valence-corrected chi connectivity index (χ2v) is 4.09. The van der Waals surface area contributed by atoms with Crippen LogP contribution in [0.3, 0.4) is 0 Å². The van der Waals surface area contributed by atoms with Gasteiger partial charge in [0.1, 0.15) is 6.10 Å². The van der Waals surface area contributed by atoms with Gasteiger partial charge in [0.15, 0.2) is 0 Å². The monoisotopic (exact) mass is 304 g/mol. The van der Waals surface area contributed by atoms with Crippen LogP contribution in [0.5, 0.6) is 0 Å². The maximum absolute atomic E-state index is 8.70. The van der Waals surface area contributed by atoms with Crippen molar-refractivity contribution < 1.29 is 28.8 Å². The van der Waals surface area contributed by atoms with Crippen LogP contribution in [0.15, 0.2) is 25.3 Å². The molecule has 0 amide bonds. The van der Waals surface area contributed by atoms with Crippen LogP contribution in [0.2, 0.25) is 0 Å². The van der Waals surface area contributed by atoms with Crippen molar-refractivity contribution in [3.05, 3.63) is 25.3 Å². The molecule has 0 aliphatic heterocycles. The molecule has 124 valence electrons. The van der Waals surface area contributed by atoms with E-state index in [0.29, 0.717) is 52.9 Å². The molecule has 0 saturated heterocycles. The minimum absolute atomic E-state index is 0.00852. The van der Waals surface area contributed by atoms with E-state index >= 15 is 0 Å². The zero-order valence-corrected chi connectivity index (χ0v) is 12.7. The average Bonchev–Trinajstić information content (AvgIpc) is 2.50. The molecule has 0 rings (SSSR count). The molecule has 0 aromatic heterocycles. The maximum Gasteiger partial charge on any atom is 0.104 e. The van der Waals surface area contributed by atoms with Gasteiger partial charge in [-0.15, -0.1) is 13.2 Å². The molecule has 0 aromatic rings. The predicted molar refractivity (Wildman–Crippen MR) is 80.5 cm³/mol. The standard InChI is InChI=1S/C15H28O6/c1-3-6-17-9-10-20-14-15(13-19-8-5-16)21-12-11-18-7-4-2/h3-4,15-16H,1-2,5-14H2. The first-order valence-electron chi connectivity index (χ1n) is 7.10. The Balaban J connectivity index is 3.68. The Morgan fingerprint density at radius 2 is 1.29 bits per heavy atom. The van der Waals surface area contributed by atoms with Gasteiger partial charge in [-0.1, -0.05) is 12.2 Å². The van der Waals surface area contributed by atoms with Gasteiger partial charge in [-0.05, 0) is 0 Å². The van der Waals surface area contributed by atoms with E-state index in [0.717, 1.165) is 0 Å². The molecule has 0 spiro atoms. The van der Waals surface area contributed by atoms with Crippen LogP contribution in [-0.2, 0) is 23.7 Å². The van der Waals surface area contributed by atoms with Crippen LogP contribution in [-0.4, -0.2) is 77.3 Å². The summed E-state index contributed by atoms with van der Waals surface area (Å²) in [7, 11) is 0. The molecule has 0 fully saturated rings. The highest BCUT2D eigenvalue weighted by Gasteiger charge is 2.10. The Kier molecular flexibility index (Phi) is 16.7. The number of hydrogen-bond acceptors (Lipinski definition) is 6. The third kappa shape index (κ3) is 15.4. The van der Waals surface area contributed by atoms with Gasteiger partial charge in [-0.2, -0.15) is 0 Å². The number of ether oxygens (including phenoxy) is 5. The van der Waals surface area contributed by atoms with E-state index in [-0.39, 0.29) is 19.3 Å². The summed E-state index contributed by atoms with van der Waals surface area (Å²) >= 11 is 0. The third-order valence-corrected chi connectivity index (χ3v) is 2.27. The Morgan fingerprint density at radius 1 is 0.762 bits per heavy atom. The van der Waals surface area contributed by atoms with Gasteiger partial charge in [0.05, 0.1) is 66.1 Å². The molecule has 0 aliphatic carbocycles. The maximum atomic E-state index is 8.70. The Labute approximate surface area is 127 Å². The molecule has 6 heteroatoms. The Hall–Kier alpha value is -0.760. The molecular formula is C15H28O6. The van der Waals surface area contributed by atoms with Gasteiger partial charge in [0.2, 0.25) is 0 Å². The van der Waals surface area contributed by atoms with Crippen molar-refractivity contribution in [2.45, 2.75) is 6.10 Å². The van der Waals surface area contributed by atoms with Gasteiger partial charge in [0.25, 0.3) is 0 Å². The molecule has 1 unspecified atom stereocenters. The van der Waals surface area contributed by atoms with E-state index in [2.05, 4.69) is 13.2 Å². The quantitative estimate of drug-likeness (QED) is 0.317. The van der Waals surface area contributed by atoms with Gasteiger partial charge in [-0.25, -0.2) is 0 Å². The van der Waals surface area contributed by atoms with Gasteiger partial charge < -0.3 is 28.8 Å². The molecule has 0 radical (unpaired) electrons. The van der Waals surface area contributed by atoms with Gasteiger partial charge in [0, 0.05) is 0 Å². The fourth-order valence-electron chi connectivity index (χ4n) is 1.36. The molecule has 1 atom stereocenters. The van der Waals surface area contributed by atoms with Crippen molar-refractivity contribution in [2.24, 2.45) is 0 Å².